The molecule has 146 valence electrons. The molecule has 0 spiro atoms. The van der Waals surface area contributed by atoms with Gasteiger partial charge in [0.25, 0.3) is 11.2 Å². The average Bonchev–Trinajstić information content (AvgIpc) is 2.95. The average molecular weight is 402 g/mol. The van der Waals surface area contributed by atoms with Crippen molar-refractivity contribution in [2.45, 2.75) is 33.7 Å². The van der Waals surface area contributed by atoms with E-state index < -0.39 is 28.6 Å². The van der Waals surface area contributed by atoms with Gasteiger partial charge in [-0.1, -0.05) is 13.0 Å². The lowest BCUT2D eigenvalue weighted by atomic mass is 10.1. The van der Waals surface area contributed by atoms with Gasteiger partial charge >= 0.3 is 5.69 Å². The van der Waals surface area contributed by atoms with Crippen LogP contribution in [0.2, 0.25) is 0 Å². The van der Waals surface area contributed by atoms with Gasteiger partial charge in [-0.25, -0.2) is 4.79 Å². The first-order valence-electron chi connectivity index (χ1n) is 8.53. The number of H-pyrrole nitrogens is 1. The van der Waals surface area contributed by atoms with Crippen LogP contribution in [0.25, 0.3) is 10.2 Å². The Labute approximate surface area is 162 Å². The normalized spacial score (nSPS) is 11.0. The van der Waals surface area contributed by atoms with E-state index in [2.05, 4.69) is 10.3 Å². The zero-order valence-electron chi connectivity index (χ0n) is 15.5. The Morgan fingerprint density at radius 1 is 1.32 bits per heavy atom. The Hall–Kier alpha value is -3.27. The minimum atomic E-state index is -0.674. The van der Waals surface area contributed by atoms with Crippen LogP contribution in [0.15, 0.2) is 27.8 Å². The third-order valence-electron chi connectivity index (χ3n) is 4.49. The zero-order chi connectivity index (χ0) is 20.6. The Kier molecular flexibility index (Phi) is 5.14. The number of amides is 1. The number of non-ortho nitro benzene ring substituents is 1. The summed E-state index contributed by atoms with van der Waals surface area (Å²) in [6.45, 7) is 4.99. The number of thiophene rings is 1. The summed E-state index contributed by atoms with van der Waals surface area (Å²) in [6, 6.07) is 4.08. The van der Waals surface area contributed by atoms with Crippen molar-refractivity contribution in [1.82, 2.24) is 9.55 Å². The molecule has 0 fully saturated rings. The molecule has 0 unspecified atom stereocenters. The quantitative estimate of drug-likeness (QED) is 0.501. The molecule has 2 N–H and O–H groups in total. The highest BCUT2D eigenvalue weighted by Gasteiger charge is 2.18. The molecule has 0 saturated heterocycles. The van der Waals surface area contributed by atoms with Crippen molar-refractivity contribution in [3.05, 3.63) is 65.2 Å². The maximum absolute atomic E-state index is 12.8. The van der Waals surface area contributed by atoms with Crippen LogP contribution >= 0.6 is 11.3 Å². The molecule has 0 aliphatic rings. The van der Waals surface area contributed by atoms with Crippen LogP contribution in [-0.2, 0) is 17.8 Å². The van der Waals surface area contributed by atoms with Gasteiger partial charge in [0.15, 0.2) is 0 Å². The fourth-order valence-electron chi connectivity index (χ4n) is 3.05. The van der Waals surface area contributed by atoms with Crippen LogP contribution in [0.3, 0.4) is 0 Å². The van der Waals surface area contributed by atoms with Gasteiger partial charge in [-0.3, -0.25) is 29.3 Å². The van der Waals surface area contributed by atoms with E-state index in [1.165, 1.54) is 29.5 Å². The van der Waals surface area contributed by atoms with Crippen LogP contribution in [0.5, 0.6) is 0 Å². The number of aryl methyl sites for hydroxylation is 3. The van der Waals surface area contributed by atoms with E-state index in [0.717, 1.165) is 15.0 Å². The Morgan fingerprint density at radius 2 is 2.04 bits per heavy atom. The first-order chi connectivity index (χ1) is 13.2. The van der Waals surface area contributed by atoms with Gasteiger partial charge < -0.3 is 5.32 Å². The number of aromatic amines is 1. The predicted octanol–water partition coefficient (Wildman–Crippen LogP) is 2.48. The van der Waals surface area contributed by atoms with E-state index in [9.17, 15) is 24.5 Å². The summed E-state index contributed by atoms with van der Waals surface area (Å²) in [5.74, 6) is -0.624. The number of fused-ring (bicyclic) bond motifs is 1. The van der Waals surface area contributed by atoms with E-state index in [-0.39, 0.29) is 11.4 Å². The van der Waals surface area contributed by atoms with Crippen molar-refractivity contribution < 1.29 is 9.72 Å². The predicted molar refractivity (Wildman–Crippen MR) is 107 cm³/mol. The van der Waals surface area contributed by atoms with Crippen molar-refractivity contribution in [3.63, 3.8) is 0 Å². The number of hydrogen-bond acceptors (Lipinski definition) is 6. The topological polar surface area (TPSA) is 127 Å². The van der Waals surface area contributed by atoms with Crippen LogP contribution in [0.4, 0.5) is 11.4 Å². The molecule has 0 saturated carbocycles. The first kappa shape index (κ1) is 19.5. The molecule has 28 heavy (non-hydrogen) atoms. The van der Waals surface area contributed by atoms with Crippen molar-refractivity contribution >= 4 is 38.8 Å². The second-order valence-corrected chi connectivity index (χ2v) is 7.55. The van der Waals surface area contributed by atoms with E-state index >= 15 is 0 Å². The van der Waals surface area contributed by atoms with Crippen molar-refractivity contribution in [2.75, 3.05) is 5.32 Å². The van der Waals surface area contributed by atoms with Crippen LogP contribution in [0.1, 0.15) is 22.9 Å². The number of hydrogen-bond donors (Lipinski definition) is 2. The number of nitrogens with one attached hydrogen (secondary N) is 2. The minimum absolute atomic E-state index is 0.168. The molecular formula is C18H18N4O5S. The Balaban J connectivity index is 1.96. The van der Waals surface area contributed by atoms with E-state index in [0.29, 0.717) is 22.2 Å². The van der Waals surface area contributed by atoms with Gasteiger partial charge in [-0.15, -0.1) is 11.3 Å². The number of nitrogens with zero attached hydrogens (tertiary/aromatic N) is 2. The van der Waals surface area contributed by atoms with E-state index in [4.69, 9.17) is 0 Å². The summed E-state index contributed by atoms with van der Waals surface area (Å²) < 4.78 is 0.843. The number of benzene rings is 1. The number of carbonyl (C=O) groups excluding carboxylic acids is 1. The Morgan fingerprint density at radius 3 is 2.68 bits per heavy atom. The zero-order valence-corrected chi connectivity index (χ0v) is 16.3. The summed E-state index contributed by atoms with van der Waals surface area (Å²) in [7, 11) is 0. The maximum Gasteiger partial charge on any atom is 0.329 e. The van der Waals surface area contributed by atoms with Gasteiger partial charge in [-0.2, -0.15) is 0 Å². The highest BCUT2D eigenvalue weighted by molar-refractivity contribution is 7.18. The SMILES string of the molecule is CCc1c(C)sc2[nH]c(=O)n(CC(=O)Nc3cc([N+](=O)[O-])ccc3C)c(=O)c12. The molecule has 0 aliphatic carbocycles. The van der Waals surface area contributed by atoms with E-state index in [1.807, 2.05) is 13.8 Å². The third kappa shape index (κ3) is 3.46. The largest absolute Gasteiger partial charge is 0.329 e. The number of rotatable bonds is 5. The van der Waals surface area contributed by atoms with Crippen LogP contribution < -0.4 is 16.6 Å². The lowest BCUT2D eigenvalue weighted by Gasteiger charge is -2.09. The van der Waals surface area contributed by atoms with Crippen molar-refractivity contribution in [2.24, 2.45) is 0 Å². The number of anilines is 1. The van der Waals surface area contributed by atoms with Gasteiger partial charge in [0.1, 0.15) is 11.4 Å². The molecule has 0 aliphatic heterocycles. The highest BCUT2D eigenvalue weighted by Crippen LogP contribution is 2.26. The summed E-state index contributed by atoms with van der Waals surface area (Å²) in [5, 5.41) is 13.9. The number of nitro benzene ring substituents is 1. The van der Waals surface area contributed by atoms with Crippen LogP contribution in [-0.4, -0.2) is 20.4 Å². The summed E-state index contributed by atoms with van der Waals surface area (Å²) in [5.41, 5.74) is 0.365. The molecule has 2 aromatic heterocycles. The first-order valence-corrected chi connectivity index (χ1v) is 9.34. The Bertz CT molecular complexity index is 1220. The van der Waals surface area contributed by atoms with Gasteiger partial charge in [-0.05, 0) is 31.4 Å². The highest BCUT2D eigenvalue weighted by atomic mass is 32.1. The second kappa shape index (κ2) is 7.39. The molecule has 0 radical (unpaired) electrons. The lowest BCUT2D eigenvalue weighted by molar-refractivity contribution is -0.384. The number of carbonyl (C=O) groups is 1. The minimum Gasteiger partial charge on any atom is -0.324 e. The molecule has 3 rings (SSSR count). The van der Waals surface area contributed by atoms with Crippen LogP contribution in [0, 0.1) is 24.0 Å². The molecule has 1 aromatic carbocycles. The lowest BCUT2D eigenvalue weighted by Crippen LogP contribution is -2.38. The maximum atomic E-state index is 12.8. The summed E-state index contributed by atoms with van der Waals surface area (Å²) in [4.78, 5) is 52.0. The van der Waals surface area contributed by atoms with Crippen molar-refractivity contribution in [3.8, 4) is 0 Å². The molecule has 9 nitrogen and oxygen atoms in total. The van der Waals surface area contributed by atoms with Gasteiger partial charge in [0.05, 0.1) is 16.0 Å². The molecule has 0 bridgehead atoms. The smallest absolute Gasteiger partial charge is 0.324 e. The number of aromatic nitrogens is 2. The third-order valence-corrected chi connectivity index (χ3v) is 5.56. The second-order valence-electron chi connectivity index (χ2n) is 6.32. The molecule has 3 aromatic rings. The van der Waals surface area contributed by atoms with Crippen molar-refractivity contribution in [1.29, 1.82) is 0 Å². The summed E-state index contributed by atoms with van der Waals surface area (Å²) in [6.07, 6.45) is 0.631. The molecular weight excluding hydrogens is 384 g/mol. The van der Waals surface area contributed by atoms with Gasteiger partial charge in [0.2, 0.25) is 5.91 Å². The summed E-state index contributed by atoms with van der Waals surface area (Å²) >= 11 is 1.33. The van der Waals surface area contributed by atoms with Gasteiger partial charge in [0, 0.05) is 17.0 Å². The van der Waals surface area contributed by atoms with E-state index in [1.54, 1.807) is 6.92 Å². The molecule has 2 heterocycles. The fourth-order valence-corrected chi connectivity index (χ4v) is 4.17. The monoisotopic (exact) mass is 402 g/mol. The number of nitro groups is 1. The standard InChI is InChI=1S/C18H18N4O5S/c1-4-12-10(3)28-16-15(12)17(24)21(18(25)20-16)8-14(23)19-13-7-11(22(26)27)6-5-9(13)2/h5-7H,4,8H2,1-3H3,(H,19,23)(H,20,25). The molecule has 1 amide bonds. The molecule has 0 atom stereocenters. The molecule has 10 heteroatoms. The fraction of sp³-hybridized carbons (Fsp3) is 0.278.